The highest BCUT2D eigenvalue weighted by Crippen LogP contribution is 2.10. The van der Waals surface area contributed by atoms with E-state index in [0.29, 0.717) is 17.2 Å². The summed E-state index contributed by atoms with van der Waals surface area (Å²) >= 11 is 0. The van der Waals surface area contributed by atoms with Gasteiger partial charge in [0.25, 0.3) is 5.91 Å². The van der Waals surface area contributed by atoms with Crippen LogP contribution in [-0.4, -0.2) is 23.0 Å². The average Bonchev–Trinajstić information content (AvgIpc) is 2.57. The molecule has 0 radical (unpaired) electrons. The Bertz CT molecular complexity index is 814. The third kappa shape index (κ3) is 4.14. The van der Waals surface area contributed by atoms with Crippen LogP contribution in [0.5, 0.6) is 0 Å². The number of halogens is 2. The summed E-state index contributed by atoms with van der Waals surface area (Å²) in [6.07, 6.45) is -0.0174. The van der Waals surface area contributed by atoms with Gasteiger partial charge in [0, 0.05) is 12.0 Å². The fraction of sp³-hybridized carbons (Fsp3) is 0.118. The molecule has 0 fully saturated rings. The van der Waals surface area contributed by atoms with E-state index in [-0.39, 0.29) is 12.0 Å². The number of hydrogen-bond acceptors (Lipinski definition) is 3. The van der Waals surface area contributed by atoms with E-state index in [1.165, 1.54) is 12.1 Å². The van der Waals surface area contributed by atoms with Gasteiger partial charge in [0.2, 0.25) is 0 Å². The lowest BCUT2D eigenvalue weighted by atomic mass is 10.0. The van der Waals surface area contributed by atoms with Crippen molar-refractivity contribution < 1.29 is 23.5 Å². The van der Waals surface area contributed by atoms with Crippen molar-refractivity contribution in [2.75, 3.05) is 0 Å². The molecule has 1 amide bonds. The summed E-state index contributed by atoms with van der Waals surface area (Å²) in [7, 11) is 0. The van der Waals surface area contributed by atoms with Gasteiger partial charge in [0.05, 0.1) is 11.6 Å². The minimum absolute atomic E-state index is 0.0174. The summed E-state index contributed by atoms with van der Waals surface area (Å²) in [4.78, 5) is 23.3. The Kier molecular flexibility index (Phi) is 5.22. The zero-order valence-corrected chi connectivity index (χ0v) is 12.3. The third-order valence-corrected chi connectivity index (χ3v) is 3.31. The Hall–Kier alpha value is -3.27. The highest BCUT2D eigenvalue weighted by atomic mass is 19.2. The van der Waals surface area contributed by atoms with Crippen LogP contribution in [0, 0.1) is 23.0 Å². The van der Waals surface area contributed by atoms with Gasteiger partial charge in [-0.3, -0.25) is 4.79 Å². The number of amides is 1. The predicted molar refractivity (Wildman–Crippen MR) is 80.1 cm³/mol. The van der Waals surface area contributed by atoms with Crippen LogP contribution in [0.1, 0.15) is 21.5 Å². The van der Waals surface area contributed by atoms with E-state index < -0.39 is 29.6 Å². The number of aliphatic carboxylic acids is 1. The monoisotopic (exact) mass is 330 g/mol. The molecule has 0 spiro atoms. The second kappa shape index (κ2) is 7.33. The number of benzene rings is 2. The molecule has 2 aromatic rings. The van der Waals surface area contributed by atoms with Crippen molar-refractivity contribution in [1.82, 2.24) is 5.32 Å². The maximum absolute atomic E-state index is 13.2. The molecule has 122 valence electrons. The van der Waals surface area contributed by atoms with E-state index in [1.807, 2.05) is 6.07 Å². The molecule has 0 saturated carbocycles. The lowest BCUT2D eigenvalue weighted by Crippen LogP contribution is -2.42. The zero-order valence-electron chi connectivity index (χ0n) is 12.3. The maximum atomic E-state index is 13.2. The van der Waals surface area contributed by atoms with E-state index in [4.69, 9.17) is 5.26 Å². The van der Waals surface area contributed by atoms with Crippen LogP contribution in [0.25, 0.3) is 0 Å². The van der Waals surface area contributed by atoms with E-state index >= 15 is 0 Å². The summed E-state index contributed by atoms with van der Waals surface area (Å²) in [5.74, 6) is -4.38. The fourth-order valence-corrected chi connectivity index (χ4v) is 2.03. The largest absolute Gasteiger partial charge is 0.480 e. The molecule has 1 atom stereocenters. The standard InChI is InChI=1S/C17H12F2N2O3/c18-13-6-5-12(8-14(13)19)16(22)21-15(17(23)24)7-10-1-3-11(9-20)4-2-10/h1-6,8,15H,7H2,(H,21,22)(H,23,24)/t15-/m0/s1. The number of nitriles is 1. The average molecular weight is 330 g/mol. The molecule has 0 heterocycles. The third-order valence-electron chi connectivity index (χ3n) is 3.31. The van der Waals surface area contributed by atoms with Crippen molar-refractivity contribution in [3.05, 3.63) is 70.8 Å². The van der Waals surface area contributed by atoms with Gasteiger partial charge < -0.3 is 10.4 Å². The first-order valence-electron chi connectivity index (χ1n) is 6.88. The van der Waals surface area contributed by atoms with Gasteiger partial charge >= 0.3 is 5.97 Å². The number of rotatable bonds is 5. The lowest BCUT2D eigenvalue weighted by Gasteiger charge is -2.15. The second-order valence-corrected chi connectivity index (χ2v) is 5.01. The van der Waals surface area contributed by atoms with Crippen LogP contribution in [0.4, 0.5) is 8.78 Å². The van der Waals surface area contributed by atoms with Crippen molar-refractivity contribution in [2.24, 2.45) is 0 Å². The van der Waals surface area contributed by atoms with Gasteiger partial charge in [0.1, 0.15) is 6.04 Å². The molecule has 5 nitrogen and oxygen atoms in total. The molecule has 2 aromatic carbocycles. The van der Waals surface area contributed by atoms with E-state index in [0.717, 1.165) is 12.1 Å². The summed E-state index contributed by atoms with van der Waals surface area (Å²) in [6, 6.07) is 9.48. The molecule has 7 heteroatoms. The molecular formula is C17H12F2N2O3. The zero-order chi connectivity index (χ0) is 17.7. The first kappa shape index (κ1) is 17.1. The van der Waals surface area contributed by atoms with E-state index in [2.05, 4.69) is 5.32 Å². The van der Waals surface area contributed by atoms with Crippen molar-refractivity contribution >= 4 is 11.9 Å². The van der Waals surface area contributed by atoms with Gasteiger partial charge in [-0.25, -0.2) is 13.6 Å². The molecule has 0 unspecified atom stereocenters. The number of carboxylic acids is 1. The molecule has 0 aliphatic rings. The second-order valence-electron chi connectivity index (χ2n) is 5.01. The van der Waals surface area contributed by atoms with Crippen LogP contribution < -0.4 is 5.32 Å². The molecule has 0 aromatic heterocycles. The van der Waals surface area contributed by atoms with Gasteiger partial charge in [-0.1, -0.05) is 12.1 Å². The first-order chi connectivity index (χ1) is 11.4. The minimum atomic E-state index is -1.27. The quantitative estimate of drug-likeness (QED) is 0.880. The Morgan fingerprint density at radius 2 is 1.79 bits per heavy atom. The Balaban J connectivity index is 2.12. The highest BCUT2D eigenvalue weighted by Gasteiger charge is 2.21. The number of carbonyl (C=O) groups excluding carboxylic acids is 1. The topological polar surface area (TPSA) is 90.2 Å². The molecule has 0 aliphatic heterocycles. The fourth-order valence-electron chi connectivity index (χ4n) is 2.03. The van der Waals surface area contributed by atoms with E-state index in [9.17, 15) is 23.5 Å². The molecule has 0 saturated heterocycles. The van der Waals surface area contributed by atoms with Crippen LogP contribution in [-0.2, 0) is 11.2 Å². The van der Waals surface area contributed by atoms with Crippen molar-refractivity contribution in [2.45, 2.75) is 12.5 Å². The number of nitrogens with one attached hydrogen (secondary N) is 1. The van der Waals surface area contributed by atoms with Crippen LogP contribution in [0.15, 0.2) is 42.5 Å². The molecular weight excluding hydrogens is 318 g/mol. The highest BCUT2D eigenvalue weighted by molar-refractivity contribution is 5.96. The first-order valence-corrected chi connectivity index (χ1v) is 6.88. The smallest absolute Gasteiger partial charge is 0.326 e. The van der Waals surface area contributed by atoms with Gasteiger partial charge in [-0.05, 0) is 35.9 Å². The number of carbonyl (C=O) groups is 2. The van der Waals surface area contributed by atoms with Gasteiger partial charge in [-0.2, -0.15) is 5.26 Å². The maximum Gasteiger partial charge on any atom is 0.326 e. The van der Waals surface area contributed by atoms with E-state index in [1.54, 1.807) is 12.1 Å². The van der Waals surface area contributed by atoms with Crippen molar-refractivity contribution in [3.63, 3.8) is 0 Å². The van der Waals surface area contributed by atoms with Gasteiger partial charge in [-0.15, -0.1) is 0 Å². The van der Waals surface area contributed by atoms with Crippen LogP contribution in [0.2, 0.25) is 0 Å². The summed E-state index contributed by atoms with van der Waals surface area (Å²) in [5, 5.41) is 20.2. The summed E-state index contributed by atoms with van der Waals surface area (Å²) < 4.78 is 26.0. The Labute approximate surface area is 136 Å². The number of nitrogens with zero attached hydrogens (tertiary/aromatic N) is 1. The SMILES string of the molecule is N#Cc1ccc(C[C@H](NC(=O)c2ccc(F)c(F)c2)C(=O)O)cc1. The Morgan fingerprint density at radius 3 is 2.33 bits per heavy atom. The Morgan fingerprint density at radius 1 is 1.12 bits per heavy atom. The molecule has 0 bridgehead atoms. The lowest BCUT2D eigenvalue weighted by molar-refractivity contribution is -0.139. The molecule has 24 heavy (non-hydrogen) atoms. The van der Waals surface area contributed by atoms with Crippen LogP contribution in [0.3, 0.4) is 0 Å². The normalized spacial score (nSPS) is 11.4. The number of hydrogen-bond donors (Lipinski definition) is 2. The predicted octanol–water partition coefficient (Wildman–Crippen LogP) is 2.26. The molecule has 0 aliphatic carbocycles. The molecule has 2 N–H and O–H groups in total. The van der Waals surface area contributed by atoms with Crippen molar-refractivity contribution in [1.29, 1.82) is 5.26 Å². The van der Waals surface area contributed by atoms with Gasteiger partial charge in [0.15, 0.2) is 11.6 Å². The number of carboxylic acid groups (broad SMARTS) is 1. The minimum Gasteiger partial charge on any atom is -0.480 e. The summed E-state index contributed by atoms with van der Waals surface area (Å²) in [5.41, 5.74) is 0.850. The van der Waals surface area contributed by atoms with Crippen LogP contribution >= 0.6 is 0 Å². The summed E-state index contributed by atoms with van der Waals surface area (Å²) in [6.45, 7) is 0. The molecule has 2 rings (SSSR count). The van der Waals surface area contributed by atoms with Crippen molar-refractivity contribution in [3.8, 4) is 6.07 Å².